The number of halogens is 2. The fourth-order valence-electron chi connectivity index (χ4n) is 2.34. The maximum absolute atomic E-state index is 12.1. The third-order valence-electron chi connectivity index (χ3n) is 3.66. The van der Waals surface area contributed by atoms with E-state index in [1.54, 1.807) is 18.2 Å². The number of benzene rings is 2. The van der Waals surface area contributed by atoms with Crippen molar-refractivity contribution in [3.8, 4) is 5.75 Å². The number of anilines is 1. The molecule has 2 aromatic rings. The van der Waals surface area contributed by atoms with E-state index >= 15 is 0 Å². The monoisotopic (exact) mass is 334 g/mol. The maximum Gasteiger partial charge on any atom is 0.387 e. The van der Waals surface area contributed by atoms with E-state index in [4.69, 9.17) is 5.73 Å². The van der Waals surface area contributed by atoms with Crippen LogP contribution in [0.3, 0.4) is 0 Å². The molecule has 6 heteroatoms. The number of hydrogen-bond acceptors (Lipinski definition) is 3. The molecule has 0 aliphatic carbocycles. The van der Waals surface area contributed by atoms with Gasteiger partial charge >= 0.3 is 6.61 Å². The Morgan fingerprint density at radius 1 is 1.17 bits per heavy atom. The molecular weight excluding hydrogens is 314 g/mol. The van der Waals surface area contributed by atoms with Gasteiger partial charge in [-0.15, -0.1) is 0 Å². The summed E-state index contributed by atoms with van der Waals surface area (Å²) >= 11 is 0. The Hall–Kier alpha value is -2.63. The summed E-state index contributed by atoms with van der Waals surface area (Å²) in [6, 6.07) is 13.4. The molecule has 0 saturated carbocycles. The zero-order valence-corrected chi connectivity index (χ0v) is 13.3. The molecule has 0 aromatic heterocycles. The van der Waals surface area contributed by atoms with Gasteiger partial charge in [0.05, 0.1) is 6.04 Å². The van der Waals surface area contributed by atoms with Gasteiger partial charge in [0.1, 0.15) is 5.75 Å². The number of nitrogens with one attached hydrogen (secondary N) is 1. The molecule has 2 rings (SSSR count). The number of hydrogen-bond donors (Lipinski definition) is 2. The van der Waals surface area contributed by atoms with Crippen molar-refractivity contribution >= 4 is 11.6 Å². The zero-order chi connectivity index (χ0) is 17.5. The first-order valence-electron chi connectivity index (χ1n) is 7.63. The van der Waals surface area contributed by atoms with Crippen LogP contribution in [-0.2, 0) is 11.2 Å². The van der Waals surface area contributed by atoms with Gasteiger partial charge in [-0.2, -0.15) is 8.78 Å². The van der Waals surface area contributed by atoms with E-state index in [0.717, 1.165) is 11.1 Å². The molecule has 3 N–H and O–H groups in total. The van der Waals surface area contributed by atoms with Gasteiger partial charge in [0.25, 0.3) is 0 Å². The zero-order valence-electron chi connectivity index (χ0n) is 13.3. The van der Waals surface area contributed by atoms with Gasteiger partial charge in [0.15, 0.2) is 0 Å². The van der Waals surface area contributed by atoms with Crippen LogP contribution in [0.15, 0.2) is 48.5 Å². The summed E-state index contributed by atoms with van der Waals surface area (Å²) in [5.41, 5.74) is 8.27. The normalized spacial score (nSPS) is 12.0. The summed E-state index contributed by atoms with van der Waals surface area (Å²) in [5, 5.41) is 2.88. The molecule has 0 fully saturated rings. The molecule has 0 aliphatic rings. The highest BCUT2D eigenvalue weighted by Gasteiger charge is 2.11. The first kappa shape index (κ1) is 17.7. The molecule has 1 amide bonds. The number of nitrogen functional groups attached to an aromatic ring is 1. The van der Waals surface area contributed by atoms with Crippen LogP contribution in [0.1, 0.15) is 30.5 Å². The van der Waals surface area contributed by atoms with Crippen LogP contribution < -0.4 is 15.8 Å². The predicted molar refractivity (Wildman–Crippen MR) is 88.8 cm³/mol. The minimum Gasteiger partial charge on any atom is -0.435 e. The highest BCUT2D eigenvalue weighted by Crippen LogP contribution is 2.19. The summed E-state index contributed by atoms with van der Waals surface area (Å²) in [4.78, 5) is 12.0. The molecule has 0 aliphatic heterocycles. The Balaban J connectivity index is 1.86. The second-order valence-electron chi connectivity index (χ2n) is 5.44. The van der Waals surface area contributed by atoms with Crippen molar-refractivity contribution in [3.05, 3.63) is 59.7 Å². The predicted octanol–water partition coefficient (Wildman–Crippen LogP) is 3.68. The van der Waals surface area contributed by atoms with Crippen molar-refractivity contribution in [1.29, 1.82) is 0 Å². The smallest absolute Gasteiger partial charge is 0.387 e. The highest BCUT2D eigenvalue weighted by atomic mass is 19.3. The average molecular weight is 334 g/mol. The van der Waals surface area contributed by atoms with Gasteiger partial charge in [-0.25, -0.2) is 0 Å². The van der Waals surface area contributed by atoms with Crippen LogP contribution in [0.4, 0.5) is 14.5 Å². The number of alkyl halides is 2. The lowest BCUT2D eigenvalue weighted by Crippen LogP contribution is -2.26. The van der Waals surface area contributed by atoms with E-state index in [-0.39, 0.29) is 17.7 Å². The van der Waals surface area contributed by atoms with Crippen LogP contribution in [0.25, 0.3) is 0 Å². The van der Waals surface area contributed by atoms with E-state index in [0.29, 0.717) is 18.5 Å². The van der Waals surface area contributed by atoms with Crippen LogP contribution in [0, 0.1) is 0 Å². The lowest BCUT2D eigenvalue weighted by Gasteiger charge is -2.15. The Bertz CT molecular complexity index is 675. The number of nitrogens with two attached hydrogens (primary N) is 1. The summed E-state index contributed by atoms with van der Waals surface area (Å²) in [6.07, 6.45) is 0.886. The summed E-state index contributed by atoms with van der Waals surface area (Å²) in [7, 11) is 0. The molecule has 24 heavy (non-hydrogen) atoms. The number of aryl methyl sites for hydroxylation is 1. The number of carbonyl (C=O) groups is 1. The molecule has 2 aromatic carbocycles. The second-order valence-corrected chi connectivity index (χ2v) is 5.44. The number of para-hydroxylation sites is 1. The lowest BCUT2D eigenvalue weighted by atomic mass is 10.1. The Kier molecular flexibility index (Phi) is 6.12. The largest absolute Gasteiger partial charge is 0.435 e. The molecule has 0 saturated heterocycles. The number of carbonyl (C=O) groups excluding carboxylic acids is 1. The first-order valence-corrected chi connectivity index (χ1v) is 7.63. The topological polar surface area (TPSA) is 64.4 Å². The number of amides is 1. The molecule has 1 unspecified atom stereocenters. The SMILES string of the molecule is CC(NC(=O)CCc1ccccc1N)c1ccc(OC(F)F)cc1. The van der Waals surface area contributed by atoms with Gasteiger partial charge in [0, 0.05) is 12.1 Å². The van der Waals surface area contributed by atoms with E-state index < -0.39 is 6.61 Å². The van der Waals surface area contributed by atoms with Crippen LogP contribution in [0.2, 0.25) is 0 Å². The Morgan fingerprint density at radius 2 is 1.83 bits per heavy atom. The molecule has 4 nitrogen and oxygen atoms in total. The van der Waals surface area contributed by atoms with Crippen LogP contribution in [-0.4, -0.2) is 12.5 Å². The fraction of sp³-hybridized carbons (Fsp3) is 0.278. The number of rotatable bonds is 7. The van der Waals surface area contributed by atoms with Crippen molar-refractivity contribution in [3.63, 3.8) is 0 Å². The van der Waals surface area contributed by atoms with Crippen molar-refractivity contribution in [1.82, 2.24) is 5.32 Å². The Morgan fingerprint density at radius 3 is 2.46 bits per heavy atom. The van der Waals surface area contributed by atoms with Gasteiger partial charge in [-0.1, -0.05) is 30.3 Å². The lowest BCUT2D eigenvalue weighted by molar-refractivity contribution is -0.121. The van der Waals surface area contributed by atoms with E-state index in [9.17, 15) is 13.6 Å². The summed E-state index contributed by atoms with van der Waals surface area (Å²) in [5.74, 6) is -0.00881. The van der Waals surface area contributed by atoms with Crippen molar-refractivity contribution in [2.75, 3.05) is 5.73 Å². The maximum atomic E-state index is 12.1. The van der Waals surface area contributed by atoms with Gasteiger partial charge < -0.3 is 15.8 Å². The highest BCUT2D eigenvalue weighted by molar-refractivity contribution is 5.77. The molecule has 0 heterocycles. The van der Waals surface area contributed by atoms with Gasteiger partial charge in [-0.05, 0) is 42.7 Å². The quantitative estimate of drug-likeness (QED) is 0.759. The molecular formula is C18H20F2N2O2. The van der Waals surface area contributed by atoms with Crippen LogP contribution >= 0.6 is 0 Å². The molecule has 0 radical (unpaired) electrons. The molecule has 1 atom stereocenters. The average Bonchev–Trinajstić information content (AvgIpc) is 2.54. The third-order valence-corrected chi connectivity index (χ3v) is 3.66. The van der Waals surface area contributed by atoms with Gasteiger partial charge in [-0.3, -0.25) is 4.79 Å². The van der Waals surface area contributed by atoms with Crippen molar-refractivity contribution in [2.45, 2.75) is 32.4 Å². The van der Waals surface area contributed by atoms with E-state index in [1.165, 1.54) is 12.1 Å². The minimum absolute atomic E-state index is 0.0897. The number of ether oxygens (including phenoxy) is 1. The third kappa shape index (κ3) is 5.22. The second kappa shape index (κ2) is 8.29. The van der Waals surface area contributed by atoms with Crippen molar-refractivity contribution in [2.24, 2.45) is 0 Å². The van der Waals surface area contributed by atoms with E-state index in [2.05, 4.69) is 10.1 Å². The van der Waals surface area contributed by atoms with Crippen molar-refractivity contribution < 1.29 is 18.3 Å². The summed E-state index contributed by atoms with van der Waals surface area (Å²) < 4.78 is 28.5. The molecule has 128 valence electrons. The Labute approximate surface area is 139 Å². The molecule has 0 spiro atoms. The first-order chi connectivity index (χ1) is 11.5. The standard InChI is InChI=1S/C18H20F2N2O2/c1-12(13-6-9-15(10-7-13)24-18(19)20)22-17(23)11-8-14-4-2-3-5-16(14)21/h2-7,9-10,12,18H,8,11,21H2,1H3,(H,22,23). The van der Waals surface area contributed by atoms with E-state index in [1.807, 2.05) is 25.1 Å². The minimum atomic E-state index is -2.85. The van der Waals surface area contributed by atoms with Crippen LogP contribution in [0.5, 0.6) is 5.75 Å². The molecule has 0 bridgehead atoms. The summed E-state index contributed by atoms with van der Waals surface area (Å²) in [6.45, 7) is -1.02. The fourth-order valence-corrected chi connectivity index (χ4v) is 2.34. The van der Waals surface area contributed by atoms with Gasteiger partial charge in [0.2, 0.25) is 5.91 Å².